The van der Waals surface area contributed by atoms with Crippen molar-refractivity contribution in [2.45, 2.75) is 32.1 Å². The molecule has 2 aliphatic heterocycles. The third kappa shape index (κ3) is 1.79. The van der Waals surface area contributed by atoms with E-state index >= 15 is 0 Å². The summed E-state index contributed by atoms with van der Waals surface area (Å²) in [6.45, 7) is 2.10. The Bertz CT molecular complexity index is 575. The molecule has 6 heteroatoms. The summed E-state index contributed by atoms with van der Waals surface area (Å²) in [5, 5.41) is 3.03. The molecule has 2 aliphatic rings. The summed E-state index contributed by atoms with van der Waals surface area (Å²) < 4.78 is 14.8. The highest BCUT2D eigenvalue weighted by atomic mass is 19.1. The van der Waals surface area contributed by atoms with Crippen molar-refractivity contribution >= 4 is 11.8 Å². The average molecular weight is 264 g/mol. The van der Waals surface area contributed by atoms with Gasteiger partial charge >= 0.3 is 0 Å². The van der Waals surface area contributed by atoms with Gasteiger partial charge in [0.15, 0.2) is 5.75 Å². The van der Waals surface area contributed by atoms with Crippen LogP contribution in [0.5, 0.6) is 5.75 Å². The summed E-state index contributed by atoms with van der Waals surface area (Å²) in [6.07, 6.45) is -0.220. The van der Waals surface area contributed by atoms with Crippen LogP contribution < -0.4 is 10.2 Å². The van der Waals surface area contributed by atoms with Crippen LogP contribution >= 0.6 is 0 Å². The van der Waals surface area contributed by atoms with Gasteiger partial charge in [-0.1, -0.05) is 17.2 Å². The number of nitrogens with one attached hydrogen (secondary N) is 1. The van der Waals surface area contributed by atoms with Gasteiger partial charge in [0.25, 0.3) is 11.7 Å². The zero-order valence-corrected chi connectivity index (χ0v) is 10.4. The van der Waals surface area contributed by atoms with Gasteiger partial charge in [-0.2, -0.15) is 0 Å². The van der Waals surface area contributed by atoms with Crippen molar-refractivity contribution in [1.82, 2.24) is 10.4 Å². The van der Waals surface area contributed by atoms with Crippen LogP contribution in [0.3, 0.4) is 0 Å². The van der Waals surface area contributed by atoms with Gasteiger partial charge in [-0.25, -0.2) is 4.39 Å². The van der Waals surface area contributed by atoms with Crippen LogP contribution in [0.1, 0.15) is 24.0 Å². The van der Waals surface area contributed by atoms with Crippen LogP contribution in [-0.4, -0.2) is 22.7 Å². The number of hydrogen-bond donors (Lipinski definition) is 1. The molecule has 1 unspecified atom stereocenters. The second-order valence-electron chi connectivity index (χ2n) is 4.82. The fourth-order valence-electron chi connectivity index (χ4n) is 2.37. The molecule has 1 aromatic rings. The van der Waals surface area contributed by atoms with Crippen molar-refractivity contribution in [3.05, 3.63) is 29.3 Å². The lowest BCUT2D eigenvalue weighted by molar-refractivity contribution is -0.208. The van der Waals surface area contributed by atoms with Gasteiger partial charge in [-0.05, 0) is 18.6 Å². The second kappa shape index (κ2) is 4.03. The molecular weight excluding hydrogens is 251 g/mol. The molecule has 1 saturated heterocycles. The van der Waals surface area contributed by atoms with E-state index in [1.807, 2.05) is 24.4 Å². The van der Waals surface area contributed by atoms with E-state index in [1.165, 1.54) is 0 Å². The van der Waals surface area contributed by atoms with Crippen LogP contribution in [-0.2, 0) is 16.1 Å². The zero-order chi connectivity index (χ0) is 13.6. The first-order chi connectivity index (χ1) is 9.00. The largest absolute Gasteiger partial charge is 0.402 e. The Morgan fingerprint density at radius 3 is 2.89 bits per heavy atom. The van der Waals surface area contributed by atoms with Crippen LogP contribution in [0.15, 0.2) is 18.2 Å². The first kappa shape index (κ1) is 12.1. The summed E-state index contributed by atoms with van der Waals surface area (Å²) in [7, 11) is 0. The van der Waals surface area contributed by atoms with Gasteiger partial charge in [0.1, 0.15) is 0 Å². The SMILES string of the molecule is Cc1cccc2c1CN(C1(F)CCC(=O)NC1=O)O2. The summed E-state index contributed by atoms with van der Waals surface area (Å²) in [4.78, 5) is 28.2. The molecule has 1 N–H and O–H groups in total. The highest BCUT2D eigenvalue weighted by Gasteiger charge is 2.52. The summed E-state index contributed by atoms with van der Waals surface area (Å²) in [6, 6.07) is 5.45. The molecule has 3 rings (SSSR count). The number of imide groups is 1. The molecule has 100 valence electrons. The highest BCUT2D eigenvalue weighted by Crippen LogP contribution is 2.38. The Kier molecular flexibility index (Phi) is 2.56. The number of rotatable bonds is 1. The van der Waals surface area contributed by atoms with Crippen molar-refractivity contribution in [2.24, 2.45) is 0 Å². The van der Waals surface area contributed by atoms with Crippen LogP contribution in [0, 0.1) is 6.92 Å². The minimum absolute atomic E-state index is 0.0303. The van der Waals surface area contributed by atoms with Gasteiger partial charge < -0.3 is 4.84 Å². The molecule has 1 atom stereocenters. The standard InChI is InChI=1S/C13H13FN2O3/c1-8-3-2-4-10-9(8)7-16(19-10)13(14)6-5-11(17)15-12(13)18/h2-4H,5-7H2,1H3,(H,15,17,18). The van der Waals surface area contributed by atoms with Gasteiger partial charge in [0, 0.05) is 18.4 Å². The predicted octanol–water partition coefficient (Wildman–Crippen LogP) is 1.21. The van der Waals surface area contributed by atoms with E-state index in [1.54, 1.807) is 6.07 Å². The molecule has 1 fully saturated rings. The lowest BCUT2D eigenvalue weighted by Gasteiger charge is -2.33. The molecule has 19 heavy (non-hydrogen) atoms. The topological polar surface area (TPSA) is 58.6 Å². The molecule has 2 amide bonds. The maximum Gasteiger partial charge on any atom is 0.282 e. The number of alkyl halides is 1. The van der Waals surface area contributed by atoms with E-state index in [4.69, 9.17) is 4.84 Å². The second-order valence-corrected chi connectivity index (χ2v) is 4.82. The molecular formula is C13H13FN2O3. The molecule has 0 saturated carbocycles. The molecule has 2 heterocycles. The van der Waals surface area contributed by atoms with Gasteiger partial charge in [-0.15, -0.1) is 0 Å². The monoisotopic (exact) mass is 264 g/mol. The maximum atomic E-state index is 14.8. The van der Waals surface area contributed by atoms with E-state index in [2.05, 4.69) is 0 Å². The molecule has 0 bridgehead atoms. The quantitative estimate of drug-likeness (QED) is 0.612. The number of aryl methyl sites for hydroxylation is 1. The third-order valence-electron chi connectivity index (χ3n) is 3.56. The zero-order valence-electron chi connectivity index (χ0n) is 10.4. The van der Waals surface area contributed by atoms with Crippen molar-refractivity contribution < 1.29 is 18.8 Å². The Morgan fingerprint density at radius 1 is 1.42 bits per heavy atom. The van der Waals surface area contributed by atoms with E-state index in [0.29, 0.717) is 5.75 Å². The maximum absolute atomic E-state index is 14.8. The van der Waals surface area contributed by atoms with Crippen molar-refractivity contribution in [3.8, 4) is 5.75 Å². The molecule has 0 spiro atoms. The number of amides is 2. The third-order valence-corrected chi connectivity index (χ3v) is 3.56. The summed E-state index contributed by atoms with van der Waals surface area (Å²) >= 11 is 0. The van der Waals surface area contributed by atoms with Gasteiger partial charge in [-0.3, -0.25) is 14.9 Å². The smallest absolute Gasteiger partial charge is 0.282 e. The number of nitrogens with zero attached hydrogens (tertiary/aromatic N) is 1. The van der Waals surface area contributed by atoms with Crippen LogP contribution in [0.2, 0.25) is 0 Å². The van der Waals surface area contributed by atoms with Crippen molar-refractivity contribution in [3.63, 3.8) is 0 Å². The highest BCUT2D eigenvalue weighted by molar-refractivity contribution is 6.01. The molecule has 0 aliphatic carbocycles. The Labute approximate surface area is 109 Å². The fraction of sp³-hybridized carbons (Fsp3) is 0.385. The first-order valence-electron chi connectivity index (χ1n) is 6.08. The average Bonchev–Trinajstić information content (AvgIpc) is 2.80. The molecule has 0 aromatic heterocycles. The van der Waals surface area contributed by atoms with Crippen molar-refractivity contribution in [1.29, 1.82) is 0 Å². The summed E-state index contributed by atoms with van der Waals surface area (Å²) in [5.74, 6) is -3.14. The minimum atomic E-state index is -2.29. The number of carbonyl (C=O) groups is 2. The van der Waals surface area contributed by atoms with Crippen LogP contribution in [0.4, 0.5) is 4.39 Å². The first-order valence-corrected chi connectivity index (χ1v) is 6.08. The van der Waals surface area contributed by atoms with E-state index in [9.17, 15) is 14.0 Å². The number of piperidine rings is 1. The normalized spacial score (nSPS) is 26.8. The Morgan fingerprint density at radius 2 is 2.21 bits per heavy atom. The Hall–Kier alpha value is -1.95. The number of benzene rings is 1. The summed E-state index contributed by atoms with van der Waals surface area (Å²) in [5.41, 5.74) is 1.85. The number of fused-ring (bicyclic) bond motifs is 1. The van der Waals surface area contributed by atoms with Gasteiger partial charge in [0.2, 0.25) is 5.91 Å². The number of halogens is 1. The van der Waals surface area contributed by atoms with Gasteiger partial charge in [0.05, 0.1) is 6.54 Å². The number of hydrogen-bond acceptors (Lipinski definition) is 4. The Balaban J connectivity index is 1.88. The lowest BCUT2D eigenvalue weighted by atomic mass is 10.0. The van der Waals surface area contributed by atoms with E-state index in [-0.39, 0.29) is 19.4 Å². The molecule has 5 nitrogen and oxygen atoms in total. The number of carbonyl (C=O) groups excluding carboxylic acids is 2. The molecule has 1 aromatic carbocycles. The lowest BCUT2D eigenvalue weighted by Crippen LogP contribution is -2.60. The minimum Gasteiger partial charge on any atom is -0.402 e. The number of hydroxylamine groups is 2. The van der Waals surface area contributed by atoms with E-state index in [0.717, 1.165) is 16.2 Å². The predicted molar refractivity (Wildman–Crippen MR) is 63.6 cm³/mol. The van der Waals surface area contributed by atoms with Crippen LogP contribution in [0.25, 0.3) is 0 Å². The van der Waals surface area contributed by atoms with Crippen molar-refractivity contribution in [2.75, 3.05) is 0 Å². The molecule has 0 radical (unpaired) electrons. The van der Waals surface area contributed by atoms with E-state index < -0.39 is 17.6 Å². The fourth-order valence-corrected chi connectivity index (χ4v) is 2.37.